The van der Waals surface area contributed by atoms with Crippen molar-refractivity contribution in [2.45, 2.75) is 76.8 Å². The van der Waals surface area contributed by atoms with E-state index in [1.165, 1.54) is 4.90 Å². The van der Waals surface area contributed by atoms with Gasteiger partial charge < -0.3 is 5.73 Å². The Labute approximate surface area is 203 Å². The number of guanidine groups is 1. The Morgan fingerprint density at radius 3 is 2.44 bits per heavy atom. The molecule has 3 rings (SSSR count). The Morgan fingerprint density at radius 2 is 1.79 bits per heavy atom. The number of benzene rings is 2. The first-order valence-corrected chi connectivity index (χ1v) is 13.4. The van der Waals surface area contributed by atoms with E-state index in [0.717, 1.165) is 36.8 Å². The highest BCUT2D eigenvalue weighted by Crippen LogP contribution is 2.30. The fourth-order valence-electron chi connectivity index (χ4n) is 4.38. The van der Waals surface area contributed by atoms with Crippen LogP contribution in [0.4, 0.5) is 5.69 Å². The third kappa shape index (κ3) is 6.17. The molecule has 7 nitrogen and oxygen atoms in total. The molecule has 1 unspecified atom stereocenters. The average molecular weight is 485 g/mol. The lowest BCUT2D eigenvalue weighted by atomic mass is 9.91. The second-order valence-corrected chi connectivity index (χ2v) is 11.3. The molecule has 0 saturated heterocycles. The molecule has 2 aromatic carbocycles. The van der Waals surface area contributed by atoms with Crippen LogP contribution in [0, 0.1) is 5.92 Å². The third-order valence-electron chi connectivity index (χ3n) is 5.97. The van der Waals surface area contributed by atoms with Gasteiger partial charge in [-0.1, -0.05) is 57.9 Å². The third-order valence-corrected chi connectivity index (χ3v) is 7.37. The smallest absolute Gasteiger partial charge is 0.261 e. The lowest BCUT2D eigenvalue weighted by Crippen LogP contribution is -2.43. The summed E-state index contributed by atoms with van der Waals surface area (Å²) < 4.78 is 28.5. The highest BCUT2D eigenvalue weighted by Gasteiger charge is 2.44. The molecule has 0 aliphatic carbocycles. The molecule has 0 spiro atoms. The normalized spacial score (nSPS) is 18.4. The van der Waals surface area contributed by atoms with Gasteiger partial charge in [-0.15, -0.1) is 0 Å². The maximum absolute atomic E-state index is 13.0. The summed E-state index contributed by atoms with van der Waals surface area (Å²) in [6, 6.07) is 14.0. The van der Waals surface area contributed by atoms with Crippen molar-refractivity contribution in [2.75, 3.05) is 4.72 Å². The van der Waals surface area contributed by atoms with Gasteiger partial charge in [-0.3, -0.25) is 14.4 Å². The van der Waals surface area contributed by atoms with E-state index in [2.05, 4.69) is 16.6 Å². The van der Waals surface area contributed by atoms with Crippen molar-refractivity contribution in [3.05, 3.63) is 59.7 Å². The second kappa shape index (κ2) is 10.6. The van der Waals surface area contributed by atoms with Crippen molar-refractivity contribution in [1.29, 1.82) is 0 Å². The van der Waals surface area contributed by atoms with Crippen LogP contribution in [0.3, 0.4) is 0 Å². The van der Waals surface area contributed by atoms with E-state index >= 15 is 0 Å². The second-order valence-electron chi connectivity index (χ2n) is 9.64. The maximum atomic E-state index is 13.0. The quantitative estimate of drug-likeness (QED) is 0.452. The van der Waals surface area contributed by atoms with Crippen LogP contribution in [0.2, 0.25) is 0 Å². The van der Waals surface area contributed by atoms with Gasteiger partial charge in [0.15, 0.2) is 5.96 Å². The van der Waals surface area contributed by atoms with Crippen LogP contribution >= 0.6 is 0 Å². The number of nitrogens with two attached hydrogens (primary N) is 1. The lowest BCUT2D eigenvalue weighted by molar-refractivity contribution is -0.131. The number of rotatable bonds is 11. The summed E-state index contributed by atoms with van der Waals surface area (Å²) in [5.74, 6) is 0.357. The van der Waals surface area contributed by atoms with Crippen LogP contribution in [-0.2, 0) is 27.8 Å². The van der Waals surface area contributed by atoms with Gasteiger partial charge in [0.2, 0.25) is 0 Å². The molecule has 0 bridgehead atoms. The van der Waals surface area contributed by atoms with Crippen molar-refractivity contribution in [1.82, 2.24) is 4.90 Å². The minimum Gasteiger partial charge on any atom is -0.369 e. The molecule has 0 fully saturated rings. The zero-order valence-electron chi connectivity index (χ0n) is 20.5. The number of aliphatic imine (C=N–C) groups is 1. The number of unbranched alkanes of at least 4 members (excludes halogenated alkanes) is 2. The molecule has 2 aromatic rings. The van der Waals surface area contributed by atoms with Gasteiger partial charge in [-0.05, 0) is 67.5 Å². The van der Waals surface area contributed by atoms with Gasteiger partial charge >= 0.3 is 0 Å². The van der Waals surface area contributed by atoms with E-state index in [4.69, 9.17) is 5.73 Å². The van der Waals surface area contributed by atoms with Crippen LogP contribution in [0.5, 0.6) is 0 Å². The molecule has 184 valence electrons. The summed E-state index contributed by atoms with van der Waals surface area (Å²) >= 11 is 0. The molecule has 0 aromatic heterocycles. The van der Waals surface area contributed by atoms with Gasteiger partial charge in [0.1, 0.15) is 5.54 Å². The van der Waals surface area contributed by atoms with Gasteiger partial charge in [0.05, 0.1) is 11.4 Å². The maximum Gasteiger partial charge on any atom is 0.261 e. The Balaban J connectivity index is 1.70. The number of carbonyl (C=O) groups excluding carboxylic acids is 1. The van der Waals surface area contributed by atoms with Crippen molar-refractivity contribution in [3.63, 3.8) is 0 Å². The summed E-state index contributed by atoms with van der Waals surface area (Å²) in [5, 5.41) is 0. The molecule has 8 heteroatoms. The molecule has 1 amide bonds. The number of sulfonamides is 1. The molecule has 1 heterocycles. The largest absolute Gasteiger partial charge is 0.369 e. The molecule has 1 aliphatic rings. The van der Waals surface area contributed by atoms with Crippen molar-refractivity contribution in [3.8, 4) is 0 Å². The van der Waals surface area contributed by atoms with E-state index in [9.17, 15) is 13.2 Å². The van der Waals surface area contributed by atoms with Gasteiger partial charge in [0.25, 0.3) is 15.9 Å². The fraction of sp³-hybridized carbons (Fsp3) is 0.462. The topological polar surface area (TPSA) is 105 Å². The number of nitrogens with zero attached hydrogens (tertiary/aromatic N) is 2. The van der Waals surface area contributed by atoms with E-state index in [1.807, 2.05) is 39.0 Å². The number of aryl methyl sites for hydroxylation is 1. The van der Waals surface area contributed by atoms with Crippen molar-refractivity contribution in [2.24, 2.45) is 16.6 Å². The van der Waals surface area contributed by atoms with E-state index in [1.54, 1.807) is 30.3 Å². The number of amides is 1. The van der Waals surface area contributed by atoms with E-state index in [0.29, 0.717) is 18.0 Å². The Bertz CT molecular complexity index is 1140. The van der Waals surface area contributed by atoms with Crippen molar-refractivity contribution >= 4 is 27.6 Å². The number of carbonyl (C=O) groups is 1. The molecule has 0 saturated carbocycles. The standard InChI is InChI=1S/C26H36N4O3S/c1-5-6-7-9-20-12-14-23(15-13-20)34(32,33)29-22-11-8-10-21(16-22)18-30-24(31)26(4,17-19(2)3)28-25(30)27/h8,10-16,19,29H,5-7,9,17-18H2,1-4H3,(H2,27,28). The van der Waals surface area contributed by atoms with Crippen molar-refractivity contribution < 1.29 is 13.2 Å². The predicted octanol–water partition coefficient (Wildman–Crippen LogP) is 4.68. The highest BCUT2D eigenvalue weighted by molar-refractivity contribution is 7.92. The SMILES string of the molecule is CCCCCc1ccc(S(=O)(=O)Nc2cccc(CN3C(=O)C(C)(CC(C)C)N=C3N)c2)cc1. The van der Waals surface area contributed by atoms with Gasteiger partial charge in [0, 0.05) is 5.69 Å². The molecular formula is C26H36N4O3S. The molecule has 3 N–H and O–H groups in total. The molecule has 0 radical (unpaired) electrons. The summed E-state index contributed by atoms with van der Waals surface area (Å²) in [6.45, 7) is 8.28. The predicted molar refractivity (Wildman–Crippen MR) is 137 cm³/mol. The number of anilines is 1. The first-order valence-electron chi connectivity index (χ1n) is 11.9. The highest BCUT2D eigenvalue weighted by atomic mass is 32.2. The van der Waals surface area contributed by atoms with Crippen LogP contribution < -0.4 is 10.5 Å². The van der Waals surface area contributed by atoms with E-state index < -0.39 is 15.6 Å². The summed E-state index contributed by atoms with van der Waals surface area (Å²) in [6.07, 6.45) is 4.97. The lowest BCUT2D eigenvalue weighted by Gasteiger charge is -2.23. The molecule has 1 atom stereocenters. The van der Waals surface area contributed by atoms with Crippen LogP contribution in [-0.4, -0.2) is 30.7 Å². The number of hydrogen-bond donors (Lipinski definition) is 2. The summed E-state index contributed by atoms with van der Waals surface area (Å²) in [7, 11) is -3.73. The Morgan fingerprint density at radius 1 is 1.09 bits per heavy atom. The monoisotopic (exact) mass is 484 g/mol. The molecule has 34 heavy (non-hydrogen) atoms. The average Bonchev–Trinajstić information content (AvgIpc) is 2.96. The minimum absolute atomic E-state index is 0.135. The van der Waals surface area contributed by atoms with Gasteiger partial charge in [-0.25, -0.2) is 13.4 Å². The first kappa shape index (κ1) is 25.7. The van der Waals surface area contributed by atoms with Crippen LogP contribution in [0.25, 0.3) is 0 Å². The molecule has 1 aliphatic heterocycles. The Kier molecular flexibility index (Phi) is 8.02. The van der Waals surface area contributed by atoms with Gasteiger partial charge in [-0.2, -0.15) is 0 Å². The minimum atomic E-state index is -3.73. The fourth-order valence-corrected chi connectivity index (χ4v) is 5.43. The molecular weight excluding hydrogens is 448 g/mol. The van der Waals surface area contributed by atoms with E-state index in [-0.39, 0.29) is 23.3 Å². The van der Waals surface area contributed by atoms with Crippen LogP contribution in [0.15, 0.2) is 58.4 Å². The Hall–Kier alpha value is -2.87. The summed E-state index contributed by atoms with van der Waals surface area (Å²) in [5.41, 5.74) is 7.53. The first-order chi connectivity index (χ1) is 16.0. The number of nitrogens with one attached hydrogen (secondary N) is 1. The summed E-state index contributed by atoms with van der Waals surface area (Å²) in [4.78, 5) is 19.1. The number of hydrogen-bond acceptors (Lipinski definition) is 5. The zero-order chi connectivity index (χ0) is 24.9. The zero-order valence-corrected chi connectivity index (χ0v) is 21.4. The van der Waals surface area contributed by atoms with Crippen LogP contribution in [0.1, 0.15) is 64.5 Å².